The summed E-state index contributed by atoms with van der Waals surface area (Å²) in [6.45, 7) is 9.72. The van der Waals surface area contributed by atoms with Gasteiger partial charge < -0.3 is 9.72 Å². The Morgan fingerprint density at radius 3 is 2.65 bits per heavy atom. The van der Waals surface area contributed by atoms with Crippen LogP contribution in [-0.4, -0.2) is 38.3 Å². The summed E-state index contributed by atoms with van der Waals surface area (Å²) in [5.41, 5.74) is 10.5. The van der Waals surface area contributed by atoms with Crippen molar-refractivity contribution in [2.24, 2.45) is 5.92 Å². The van der Waals surface area contributed by atoms with Gasteiger partial charge in [0.25, 0.3) is 0 Å². The number of nitrogens with zero attached hydrogens (tertiary/aromatic N) is 4. The summed E-state index contributed by atoms with van der Waals surface area (Å²) < 4.78 is 7.12. The van der Waals surface area contributed by atoms with Crippen LogP contribution in [0.5, 0.6) is 0 Å². The van der Waals surface area contributed by atoms with Gasteiger partial charge in [0, 0.05) is 42.7 Å². The molecule has 6 nitrogen and oxygen atoms in total. The maximum absolute atomic E-state index is 5.29. The number of rotatable bonds is 7. The summed E-state index contributed by atoms with van der Waals surface area (Å²) in [5, 5.41) is 4.41. The second-order valence-corrected chi connectivity index (χ2v) is 10.4. The third kappa shape index (κ3) is 4.13. The van der Waals surface area contributed by atoms with Gasteiger partial charge in [0.1, 0.15) is 6.33 Å². The predicted molar refractivity (Wildman–Crippen MR) is 137 cm³/mol. The second-order valence-electron chi connectivity index (χ2n) is 10.4. The molecule has 4 aromatic heterocycles. The number of hydrogen-bond donors (Lipinski definition) is 1. The molecule has 0 aliphatic heterocycles. The van der Waals surface area contributed by atoms with E-state index >= 15 is 0 Å². The molecule has 0 spiro atoms. The number of hydrogen-bond acceptors (Lipinski definition) is 4. The summed E-state index contributed by atoms with van der Waals surface area (Å²) >= 11 is 0. The predicted octanol–water partition coefficient (Wildman–Crippen LogP) is 6.71. The van der Waals surface area contributed by atoms with Crippen LogP contribution >= 0.6 is 0 Å². The highest BCUT2D eigenvalue weighted by atomic mass is 16.5. The van der Waals surface area contributed by atoms with Gasteiger partial charge in [0.15, 0.2) is 5.65 Å². The van der Waals surface area contributed by atoms with Crippen LogP contribution in [0, 0.1) is 19.8 Å². The van der Waals surface area contributed by atoms with Crippen LogP contribution in [0.3, 0.4) is 0 Å². The molecule has 0 unspecified atom stereocenters. The number of nitrogens with one attached hydrogen (secondary N) is 1. The zero-order chi connectivity index (χ0) is 23.8. The second kappa shape index (κ2) is 9.49. The van der Waals surface area contributed by atoms with Crippen molar-refractivity contribution >= 4 is 16.7 Å². The van der Waals surface area contributed by atoms with Gasteiger partial charge in [-0.1, -0.05) is 13.8 Å². The number of H-pyrrole nitrogens is 1. The van der Waals surface area contributed by atoms with E-state index in [1.165, 1.54) is 66.5 Å². The lowest BCUT2D eigenvalue weighted by molar-refractivity contribution is 0.180. The van der Waals surface area contributed by atoms with Crippen molar-refractivity contribution in [2.45, 2.75) is 78.1 Å². The Morgan fingerprint density at radius 1 is 1.12 bits per heavy atom. The number of fused-ring (bicyclic) bond motifs is 2. The number of aromatic amines is 1. The van der Waals surface area contributed by atoms with Crippen LogP contribution < -0.4 is 0 Å². The van der Waals surface area contributed by atoms with Gasteiger partial charge >= 0.3 is 0 Å². The summed E-state index contributed by atoms with van der Waals surface area (Å²) in [6.07, 6.45) is 11.3. The molecule has 5 rings (SSSR count). The van der Waals surface area contributed by atoms with E-state index in [4.69, 9.17) is 9.72 Å². The first-order valence-corrected chi connectivity index (χ1v) is 12.8. The molecule has 1 N–H and O–H groups in total. The van der Waals surface area contributed by atoms with E-state index in [2.05, 4.69) is 61.1 Å². The average molecular weight is 460 g/mol. The first kappa shape index (κ1) is 23.0. The zero-order valence-corrected chi connectivity index (χ0v) is 21.2. The molecular weight excluding hydrogens is 422 g/mol. The first-order chi connectivity index (χ1) is 16.5. The van der Waals surface area contributed by atoms with Crippen molar-refractivity contribution in [1.82, 2.24) is 24.6 Å². The van der Waals surface area contributed by atoms with Gasteiger partial charge in [0.05, 0.1) is 16.7 Å². The fourth-order valence-electron chi connectivity index (χ4n) is 5.82. The standard InChI is InChI=1S/C28H37N5O/c1-17(2)25-26(22-15-33-28(29-16-30-33)19(4)18(22)3)32-24-13-12-23(31-27(24)25)21-10-8-20(9-11-21)7-6-14-34-5/h12-13,15-17,20-21,32H,6-11,14H2,1-5H3. The highest BCUT2D eigenvalue weighted by Crippen LogP contribution is 2.40. The summed E-state index contributed by atoms with van der Waals surface area (Å²) in [4.78, 5) is 13.4. The van der Waals surface area contributed by atoms with Gasteiger partial charge in [0.2, 0.25) is 0 Å². The van der Waals surface area contributed by atoms with Crippen molar-refractivity contribution in [3.8, 4) is 11.3 Å². The van der Waals surface area contributed by atoms with Crippen LogP contribution in [-0.2, 0) is 4.74 Å². The van der Waals surface area contributed by atoms with Gasteiger partial charge in [-0.25, -0.2) is 9.50 Å². The molecule has 1 saturated carbocycles. The molecule has 6 heteroatoms. The molecular formula is C28H37N5O. The minimum Gasteiger partial charge on any atom is -0.385 e. The molecule has 4 heterocycles. The lowest BCUT2D eigenvalue weighted by atomic mass is 9.78. The molecule has 180 valence electrons. The van der Waals surface area contributed by atoms with Crippen LogP contribution in [0.1, 0.15) is 86.6 Å². The van der Waals surface area contributed by atoms with Crippen LogP contribution in [0.4, 0.5) is 0 Å². The maximum atomic E-state index is 5.29. The van der Waals surface area contributed by atoms with E-state index in [0.29, 0.717) is 11.8 Å². The molecule has 1 fully saturated rings. The number of ether oxygens (including phenoxy) is 1. The Kier molecular flexibility index (Phi) is 6.43. The number of aryl methyl sites for hydroxylation is 1. The van der Waals surface area contributed by atoms with Crippen molar-refractivity contribution < 1.29 is 4.74 Å². The first-order valence-electron chi connectivity index (χ1n) is 12.8. The third-order valence-corrected chi connectivity index (χ3v) is 7.90. The van der Waals surface area contributed by atoms with E-state index in [0.717, 1.165) is 34.9 Å². The fraction of sp³-hybridized carbons (Fsp3) is 0.536. The summed E-state index contributed by atoms with van der Waals surface area (Å²) in [5.74, 6) is 1.77. The maximum Gasteiger partial charge on any atom is 0.158 e. The van der Waals surface area contributed by atoms with E-state index in [1.807, 2.05) is 4.52 Å². The Hall–Kier alpha value is -2.73. The van der Waals surface area contributed by atoms with E-state index in [-0.39, 0.29) is 0 Å². The molecule has 1 aliphatic carbocycles. The summed E-state index contributed by atoms with van der Waals surface area (Å²) in [7, 11) is 1.80. The topological polar surface area (TPSA) is 68.1 Å². The van der Waals surface area contributed by atoms with E-state index < -0.39 is 0 Å². The molecule has 0 saturated heterocycles. The van der Waals surface area contributed by atoms with Crippen LogP contribution in [0.25, 0.3) is 27.9 Å². The average Bonchev–Trinajstić information content (AvgIpc) is 3.46. The van der Waals surface area contributed by atoms with Crippen LogP contribution in [0.15, 0.2) is 24.7 Å². The van der Waals surface area contributed by atoms with Crippen molar-refractivity contribution in [2.75, 3.05) is 13.7 Å². The van der Waals surface area contributed by atoms with E-state index in [1.54, 1.807) is 13.4 Å². The minimum absolute atomic E-state index is 0.356. The molecule has 0 aromatic carbocycles. The summed E-state index contributed by atoms with van der Waals surface area (Å²) in [6, 6.07) is 4.50. The highest BCUT2D eigenvalue weighted by molar-refractivity contribution is 5.89. The Labute approximate surface area is 202 Å². The van der Waals surface area contributed by atoms with Gasteiger partial charge in [-0.15, -0.1) is 0 Å². The van der Waals surface area contributed by atoms with Crippen molar-refractivity contribution in [3.63, 3.8) is 0 Å². The third-order valence-electron chi connectivity index (χ3n) is 7.90. The van der Waals surface area contributed by atoms with Crippen LogP contribution in [0.2, 0.25) is 0 Å². The zero-order valence-electron chi connectivity index (χ0n) is 21.2. The van der Waals surface area contributed by atoms with Gasteiger partial charge in [-0.2, -0.15) is 5.10 Å². The Morgan fingerprint density at radius 2 is 1.91 bits per heavy atom. The minimum atomic E-state index is 0.356. The molecule has 4 aromatic rings. The Bertz CT molecular complexity index is 1290. The highest BCUT2D eigenvalue weighted by Gasteiger charge is 2.25. The fourth-order valence-corrected chi connectivity index (χ4v) is 5.82. The van der Waals surface area contributed by atoms with Crippen molar-refractivity contribution in [3.05, 3.63) is 47.0 Å². The smallest absolute Gasteiger partial charge is 0.158 e. The van der Waals surface area contributed by atoms with E-state index in [9.17, 15) is 0 Å². The SMILES string of the molecule is COCCCC1CCC(c2ccc3[nH]c(-c4cn5ncnc5c(C)c4C)c(C(C)C)c3n2)CC1. The largest absolute Gasteiger partial charge is 0.385 e. The molecule has 0 bridgehead atoms. The normalized spacial score (nSPS) is 19.0. The number of pyridine rings is 2. The Balaban J connectivity index is 1.49. The van der Waals surface area contributed by atoms with Gasteiger partial charge in [-0.05, 0) is 87.5 Å². The molecule has 34 heavy (non-hydrogen) atoms. The molecule has 0 atom stereocenters. The lowest BCUT2D eigenvalue weighted by Crippen LogP contribution is -2.14. The lowest BCUT2D eigenvalue weighted by Gasteiger charge is -2.28. The molecule has 0 amide bonds. The van der Waals surface area contributed by atoms with Gasteiger partial charge in [-0.3, -0.25) is 4.98 Å². The molecule has 1 aliphatic rings. The van der Waals surface area contributed by atoms with Crippen molar-refractivity contribution in [1.29, 1.82) is 0 Å². The number of methoxy groups -OCH3 is 1. The molecule has 0 radical (unpaired) electrons. The monoisotopic (exact) mass is 459 g/mol. The quantitative estimate of drug-likeness (QED) is 0.312. The number of aromatic nitrogens is 5.